The molecule has 3 aliphatic heterocycles. The number of nitrogens with zero attached hydrogens (tertiary/aromatic N) is 7. The van der Waals surface area contributed by atoms with Crippen LogP contribution in [-0.2, 0) is 19.4 Å². The number of anilines is 2. The molecule has 0 radical (unpaired) electrons. The van der Waals surface area contributed by atoms with Crippen molar-refractivity contribution in [3.05, 3.63) is 106 Å². The zero-order valence-electron chi connectivity index (χ0n) is 28.0. The van der Waals surface area contributed by atoms with Crippen LogP contribution in [0.2, 0.25) is 5.02 Å². The number of pyridine rings is 1. The monoisotopic (exact) mass is 676 g/mol. The van der Waals surface area contributed by atoms with E-state index in [1.165, 1.54) is 18.9 Å². The van der Waals surface area contributed by atoms with Crippen LogP contribution in [0.3, 0.4) is 0 Å². The van der Waals surface area contributed by atoms with Gasteiger partial charge in [0.15, 0.2) is 0 Å². The highest BCUT2D eigenvalue weighted by molar-refractivity contribution is 6.36. The first-order valence-electron chi connectivity index (χ1n) is 17.3. The lowest BCUT2D eigenvalue weighted by molar-refractivity contribution is 0.227. The van der Waals surface area contributed by atoms with E-state index in [1.807, 2.05) is 36.1 Å². The third-order valence-corrected chi connectivity index (χ3v) is 10.4. The van der Waals surface area contributed by atoms with E-state index in [1.54, 1.807) is 6.20 Å². The molecule has 0 bridgehead atoms. The van der Waals surface area contributed by atoms with E-state index in [0.29, 0.717) is 37.9 Å². The second kappa shape index (κ2) is 14.5. The van der Waals surface area contributed by atoms with Gasteiger partial charge in [0.1, 0.15) is 17.5 Å². The number of benzene rings is 2. The number of nitrogens with one attached hydrogen (secondary N) is 1. The van der Waals surface area contributed by atoms with Crippen LogP contribution in [0, 0.1) is 18.3 Å². The number of hydrogen-bond donors (Lipinski definition) is 1. The van der Waals surface area contributed by atoms with Crippen molar-refractivity contribution >= 4 is 40.0 Å². The molecule has 5 heterocycles. The fourth-order valence-electron chi connectivity index (χ4n) is 7.56. The standard InChI is InChI=1S/C39H42ClFN8/c1-26-14-18-44-30(22-26)23-34(41)27(2)49-21-20-48(24-31(49)13-16-42)39-32-15-19-47(36-10-4-7-28-6-3-9-33(40)38(28)36)25-35(32)45-37(46-39)12-11-29-8-5-17-43-29/h3-4,6-7,9-10,14,18,22-23,29,31,43H,2,5,8,11-13,15,17,19-21,24-25H2,1H3/b34-23-. The Morgan fingerprint density at radius 3 is 2.80 bits per heavy atom. The lowest BCUT2D eigenvalue weighted by Gasteiger charge is -2.44. The summed E-state index contributed by atoms with van der Waals surface area (Å²) in [6.07, 6.45) is 8.29. The Bertz CT molecular complexity index is 1930. The van der Waals surface area contributed by atoms with Crippen LogP contribution in [0.5, 0.6) is 0 Å². The fourth-order valence-corrected chi connectivity index (χ4v) is 7.84. The summed E-state index contributed by atoms with van der Waals surface area (Å²) in [7, 11) is 0. The molecule has 2 saturated heterocycles. The molecule has 0 aliphatic carbocycles. The molecular weight excluding hydrogens is 635 g/mol. The number of rotatable bonds is 9. The van der Waals surface area contributed by atoms with Gasteiger partial charge in [0.05, 0.1) is 47.2 Å². The summed E-state index contributed by atoms with van der Waals surface area (Å²) in [6.45, 7) is 10.3. The van der Waals surface area contributed by atoms with Crippen molar-refractivity contribution in [2.75, 3.05) is 42.5 Å². The largest absolute Gasteiger partial charge is 0.365 e. The first-order valence-corrected chi connectivity index (χ1v) is 17.7. The predicted molar refractivity (Wildman–Crippen MR) is 195 cm³/mol. The first-order chi connectivity index (χ1) is 23.9. The molecule has 0 spiro atoms. The van der Waals surface area contributed by atoms with Gasteiger partial charge in [0.2, 0.25) is 0 Å². The summed E-state index contributed by atoms with van der Waals surface area (Å²) in [4.78, 5) is 21.3. The fraction of sp³-hybridized carbons (Fsp3) is 0.385. The van der Waals surface area contributed by atoms with E-state index in [2.05, 4.69) is 57.0 Å². The molecule has 2 unspecified atom stereocenters. The summed E-state index contributed by atoms with van der Waals surface area (Å²) in [5, 5.41) is 16.4. The number of allylic oxidation sites excluding steroid dienone is 1. The molecule has 10 heteroatoms. The minimum Gasteiger partial charge on any atom is -0.365 e. The Balaban J connectivity index is 1.18. The van der Waals surface area contributed by atoms with Crippen LogP contribution < -0.4 is 15.1 Å². The molecule has 7 rings (SSSR count). The van der Waals surface area contributed by atoms with Crippen molar-refractivity contribution in [1.82, 2.24) is 25.2 Å². The molecule has 1 N–H and O–H groups in total. The van der Waals surface area contributed by atoms with E-state index in [9.17, 15) is 5.26 Å². The quantitative estimate of drug-likeness (QED) is 0.187. The van der Waals surface area contributed by atoms with Crippen LogP contribution in [0.15, 0.2) is 72.8 Å². The molecule has 8 nitrogen and oxygen atoms in total. The molecule has 49 heavy (non-hydrogen) atoms. The zero-order valence-corrected chi connectivity index (χ0v) is 28.8. The molecule has 0 amide bonds. The lowest BCUT2D eigenvalue weighted by atomic mass is 10.00. The van der Waals surface area contributed by atoms with Crippen LogP contribution >= 0.6 is 11.6 Å². The molecule has 252 valence electrons. The molecule has 4 aromatic rings. The van der Waals surface area contributed by atoms with Gasteiger partial charge in [-0.05, 0) is 74.4 Å². The van der Waals surface area contributed by atoms with Gasteiger partial charge in [-0.2, -0.15) is 5.26 Å². The number of fused-ring (bicyclic) bond motifs is 2. The SMILES string of the molecule is C=C(/C(F)=C/c1cc(C)ccn1)N1CCN(c2nc(CCC3CCCN3)nc3c2CCN(c2cccc4cccc(Cl)c24)C3)CC1CC#N. The first kappa shape index (κ1) is 33.0. The Kier molecular flexibility index (Phi) is 9.79. The van der Waals surface area contributed by atoms with Crippen molar-refractivity contribution in [2.45, 2.75) is 64.1 Å². The highest BCUT2D eigenvalue weighted by Gasteiger charge is 2.33. The average Bonchev–Trinajstić information content (AvgIpc) is 3.64. The van der Waals surface area contributed by atoms with Crippen molar-refractivity contribution < 1.29 is 4.39 Å². The summed E-state index contributed by atoms with van der Waals surface area (Å²) < 4.78 is 15.6. The molecule has 2 aromatic heterocycles. The lowest BCUT2D eigenvalue weighted by Crippen LogP contribution is -2.53. The Hall–Kier alpha value is -4.52. The summed E-state index contributed by atoms with van der Waals surface area (Å²) >= 11 is 6.75. The molecule has 0 saturated carbocycles. The van der Waals surface area contributed by atoms with Gasteiger partial charge in [-0.15, -0.1) is 0 Å². The average molecular weight is 677 g/mol. The van der Waals surface area contributed by atoms with Crippen LogP contribution in [0.4, 0.5) is 15.9 Å². The highest BCUT2D eigenvalue weighted by atomic mass is 35.5. The van der Waals surface area contributed by atoms with Gasteiger partial charge in [-0.25, -0.2) is 14.4 Å². The Labute approximate surface area is 292 Å². The molecule has 3 aliphatic rings. The minimum atomic E-state index is -0.439. The molecular formula is C39H42ClFN8. The van der Waals surface area contributed by atoms with Gasteiger partial charge < -0.3 is 20.0 Å². The third-order valence-electron chi connectivity index (χ3n) is 10.1. The second-order valence-electron chi connectivity index (χ2n) is 13.4. The van der Waals surface area contributed by atoms with E-state index in [-0.39, 0.29) is 18.2 Å². The normalized spacial score (nSPS) is 19.6. The smallest absolute Gasteiger partial charge is 0.148 e. The van der Waals surface area contributed by atoms with Crippen molar-refractivity contribution in [3.63, 3.8) is 0 Å². The molecule has 2 atom stereocenters. The van der Waals surface area contributed by atoms with Gasteiger partial charge in [-0.3, -0.25) is 4.98 Å². The number of piperazine rings is 1. The number of halogens is 2. The number of nitriles is 1. The summed E-state index contributed by atoms with van der Waals surface area (Å²) in [5.74, 6) is 1.36. The van der Waals surface area contributed by atoms with E-state index >= 15 is 4.39 Å². The van der Waals surface area contributed by atoms with Gasteiger partial charge in [-0.1, -0.05) is 42.4 Å². The second-order valence-corrected chi connectivity index (χ2v) is 13.8. The van der Waals surface area contributed by atoms with E-state index < -0.39 is 5.83 Å². The maximum atomic E-state index is 15.6. The van der Waals surface area contributed by atoms with Crippen molar-refractivity contribution in [3.8, 4) is 6.07 Å². The van der Waals surface area contributed by atoms with Crippen LogP contribution in [0.1, 0.15) is 54.0 Å². The Morgan fingerprint density at radius 2 is 2.00 bits per heavy atom. The topological polar surface area (TPSA) is 84.2 Å². The minimum absolute atomic E-state index is 0.245. The van der Waals surface area contributed by atoms with Crippen LogP contribution in [-0.4, -0.2) is 64.7 Å². The number of hydrogen-bond acceptors (Lipinski definition) is 8. The van der Waals surface area contributed by atoms with Crippen LogP contribution in [0.25, 0.3) is 16.8 Å². The summed E-state index contributed by atoms with van der Waals surface area (Å²) in [6, 6.07) is 18.7. The van der Waals surface area contributed by atoms with E-state index in [4.69, 9.17) is 21.6 Å². The highest BCUT2D eigenvalue weighted by Crippen LogP contribution is 2.37. The van der Waals surface area contributed by atoms with Gasteiger partial charge >= 0.3 is 0 Å². The third kappa shape index (κ3) is 7.12. The maximum Gasteiger partial charge on any atom is 0.148 e. The maximum absolute atomic E-state index is 15.6. The molecule has 2 fully saturated rings. The number of aryl methyl sites for hydroxylation is 2. The Morgan fingerprint density at radius 1 is 1.14 bits per heavy atom. The van der Waals surface area contributed by atoms with Crippen molar-refractivity contribution in [2.24, 2.45) is 0 Å². The number of aromatic nitrogens is 3. The summed E-state index contributed by atoms with van der Waals surface area (Å²) in [5.41, 5.74) is 5.14. The molecule has 2 aromatic carbocycles. The van der Waals surface area contributed by atoms with Gasteiger partial charge in [0, 0.05) is 67.6 Å². The predicted octanol–water partition coefficient (Wildman–Crippen LogP) is 7.16. The zero-order chi connectivity index (χ0) is 33.9. The van der Waals surface area contributed by atoms with Gasteiger partial charge in [0.25, 0.3) is 0 Å². The van der Waals surface area contributed by atoms with E-state index in [0.717, 1.165) is 82.3 Å². The van der Waals surface area contributed by atoms with Crippen molar-refractivity contribution in [1.29, 1.82) is 5.26 Å².